The zero-order chi connectivity index (χ0) is 26.1. The van der Waals surface area contributed by atoms with E-state index in [1.165, 1.54) is 35.1 Å². The minimum absolute atomic E-state index is 0.0951. The van der Waals surface area contributed by atoms with E-state index in [0.717, 1.165) is 18.6 Å². The molecule has 0 spiro atoms. The molecule has 0 saturated carbocycles. The Balaban J connectivity index is 1.31. The van der Waals surface area contributed by atoms with Gasteiger partial charge >= 0.3 is 6.18 Å². The maximum absolute atomic E-state index is 15.0. The second kappa shape index (κ2) is 7.91. The van der Waals surface area contributed by atoms with Crippen LogP contribution in [0.5, 0.6) is 5.75 Å². The molecule has 5 aromatic rings. The van der Waals surface area contributed by atoms with Crippen LogP contribution in [0.3, 0.4) is 0 Å². The first-order chi connectivity index (χ1) is 17.6. The molecule has 0 aliphatic carbocycles. The van der Waals surface area contributed by atoms with E-state index in [-0.39, 0.29) is 23.5 Å². The van der Waals surface area contributed by atoms with Crippen molar-refractivity contribution in [1.82, 2.24) is 28.8 Å². The summed E-state index contributed by atoms with van der Waals surface area (Å²) < 4.78 is 62.3. The summed E-state index contributed by atoms with van der Waals surface area (Å²) in [5, 5.41) is 0. The maximum atomic E-state index is 15.0. The topological polar surface area (TPSA) is 104 Å². The summed E-state index contributed by atoms with van der Waals surface area (Å²) in [6, 6.07) is 6.84. The second-order valence-corrected chi connectivity index (χ2v) is 8.60. The van der Waals surface area contributed by atoms with Crippen LogP contribution in [0.4, 0.5) is 23.4 Å². The van der Waals surface area contributed by atoms with Gasteiger partial charge in [0.15, 0.2) is 5.69 Å². The van der Waals surface area contributed by atoms with Gasteiger partial charge in [-0.25, -0.2) is 19.3 Å². The number of benzene rings is 2. The van der Waals surface area contributed by atoms with Crippen LogP contribution >= 0.6 is 0 Å². The molecular weight excluding hydrogens is 494 g/mol. The maximum Gasteiger partial charge on any atom is 0.434 e. The molecule has 2 aromatic carbocycles. The summed E-state index contributed by atoms with van der Waals surface area (Å²) >= 11 is 0. The van der Waals surface area contributed by atoms with Crippen molar-refractivity contribution >= 4 is 28.3 Å². The fraction of sp³-hybridized carbons (Fsp3) is 0.167. The van der Waals surface area contributed by atoms with Crippen molar-refractivity contribution in [2.24, 2.45) is 0 Å². The van der Waals surface area contributed by atoms with Crippen molar-refractivity contribution in [1.29, 1.82) is 0 Å². The lowest BCUT2D eigenvalue weighted by Crippen LogP contribution is -2.32. The van der Waals surface area contributed by atoms with Crippen LogP contribution < -0.4 is 10.5 Å². The molecule has 1 aliphatic rings. The second-order valence-electron chi connectivity index (χ2n) is 8.60. The summed E-state index contributed by atoms with van der Waals surface area (Å²) in [6.45, 7) is 0.0951. The van der Waals surface area contributed by atoms with Gasteiger partial charge in [0, 0.05) is 30.9 Å². The molecule has 13 heteroatoms. The number of halogens is 4. The van der Waals surface area contributed by atoms with Gasteiger partial charge in [-0.3, -0.25) is 9.20 Å². The van der Waals surface area contributed by atoms with E-state index in [1.807, 2.05) is 0 Å². The largest absolute Gasteiger partial charge is 0.491 e. The number of nitrogens with two attached hydrogens (primary N) is 1. The quantitative estimate of drug-likeness (QED) is 0.367. The third-order valence-electron chi connectivity index (χ3n) is 6.41. The van der Waals surface area contributed by atoms with Gasteiger partial charge in [0.25, 0.3) is 5.91 Å². The molecule has 3 aromatic heterocycles. The number of nitrogen functional groups attached to an aromatic ring is 1. The van der Waals surface area contributed by atoms with Gasteiger partial charge in [-0.15, -0.1) is 0 Å². The Morgan fingerprint density at radius 3 is 2.76 bits per heavy atom. The molecule has 1 atom stereocenters. The first-order valence-electron chi connectivity index (χ1n) is 11.0. The highest BCUT2D eigenvalue weighted by atomic mass is 19.4. The summed E-state index contributed by atoms with van der Waals surface area (Å²) in [5.41, 5.74) is 7.06. The van der Waals surface area contributed by atoms with Crippen molar-refractivity contribution in [2.45, 2.75) is 12.2 Å². The standard InChI is InChI=1S/C24H17F4N7O2/c1-33(23(36)14-5-17-16(6-15(14)25)32-22(29)18-7-30-10-35(17)18)19-9-37-20-4-12(2-3-13(19)20)34-8-21(31-11-34)24(26,27)28/h2-8,10-11,19H,9H2,1H3,(H2,29,32)/t19-/m1/s1. The minimum atomic E-state index is -4.56. The van der Waals surface area contributed by atoms with Gasteiger partial charge < -0.3 is 19.9 Å². The number of hydrogen-bond acceptors (Lipinski definition) is 6. The molecule has 37 heavy (non-hydrogen) atoms. The predicted molar refractivity (Wildman–Crippen MR) is 124 cm³/mol. The lowest BCUT2D eigenvalue weighted by atomic mass is 10.0. The van der Waals surface area contributed by atoms with Crippen LogP contribution in [-0.2, 0) is 6.18 Å². The summed E-state index contributed by atoms with van der Waals surface area (Å²) in [4.78, 5) is 26.4. The molecule has 0 saturated heterocycles. The van der Waals surface area contributed by atoms with Gasteiger partial charge in [-0.1, -0.05) is 6.07 Å². The first kappa shape index (κ1) is 22.8. The highest BCUT2D eigenvalue weighted by molar-refractivity contribution is 5.98. The van der Waals surface area contributed by atoms with Crippen LogP contribution in [0.25, 0.3) is 22.2 Å². The number of carbonyl (C=O) groups is 1. The fourth-order valence-corrected chi connectivity index (χ4v) is 4.47. The summed E-state index contributed by atoms with van der Waals surface area (Å²) in [6.07, 6.45) is 0.410. The van der Waals surface area contributed by atoms with E-state index in [2.05, 4.69) is 15.0 Å². The zero-order valence-electron chi connectivity index (χ0n) is 19.1. The van der Waals surface area contributed by atoms with E-state index >= 15 is 4.39 Å². The number of aromatic nitrogens is 5. The van der Waals surface area contributed by atoms with Crippen molar-refractivity contribution < 1.29 is 27.1 Å². The average Bonchev–Trinajstić information content (AvgIpc) is 3.62. The Kier molecular flexibility index (Phi) is 4.87. The molecule has 0 fully saturated rings. The van der Waals surface area contributed by atoms with E-state index in [9.17, 15) is 18.0 Å². The number of ether oxygens (including phenoxy) is 1. The first-order valence-corrected chi connectivity index (χ1v) is 11.0. The van der Waals surface area contributed by atoms with Crippen LogP contribution in [0, 0.1) is 5.82 Å². The molecule has 1 amide bonds. The fourth-order valence-electron chi connectivity index (χ4n) is 4.47. The number of hydrogen-bond donors (Lipinski definition) is 1. The van der Waals surface area contributed by atoms with E-state index in [1.54, 1.807) is 22.6 Å². The lowest BCUT2D eigenvalue weighted by Gasteiger charge is -2.24. The Bertz CT molecular complexity index is 1710. The number of rotatable bonds is 3. The molecule has 2 N–H and O–H groups in total. The third-order valence-corrected chi connectivity index (χ3v) is 6.41. The highest BCUT2D eigenvalue weighted by Crippen LogP contribution is 2.38. The Hall–Kier alpha value is -4.68. The lowest BCUT2D eigenvalue weighted by molar-refractivity contribution is -0.140. The van der Waals surface area contributed by atoms with Crippen LogP contribution in [0.1, 0.15) is 27.7 Å². The number of likely N-dealkylation sites (N-methyl/N-ethyl adjacent to an activating group) is 1. The highest BCUT2D eigenvalue weighted by Gasteiger charge is 2.35. The van der Waals surface area contributed by atoms with Crippen molar-refractivity contribution in [3.63, 3.8) is 0 Å². The number of alkyl halides is 3. The summed E-state index contributed by atoms with van der Waals surface area (Å²) in [5.74, 6) is -0.751. The van der Waals surface area contributed by atoms with Crippen LogP contribution in [0.15, 0.2) is 55.4 Å². The molecular formula is C24H17F4N7O2. The number of anilines is 1. The number of imidazole rings is 2. The Labute approximate surface area is 205 Å². The molecule has 0 bridgehead atoms. The van der Waals surface area contributed by atoms with Crippen molar-refractivity contribution in [3.05, 3.63) is 78.0 Å². The minimum Gasteiger partial charge on any atom is -0.491 e. The Morgan fingerprint density at radius 1 is 1.19 bits per heavy atom. The zero-order valence-corrected chi connectivity index (χ0v) is 19.1. The van der Waals surface area contributed by atoms with E-state index < -0.39 is 29.6 Å². The van der Waals surface area contributed by atoms with Crippen LogP contribution in [-0.4, -0.2) is 48.4 Å². The molecule has 0 unspecified atom stereocenters. The average molecular weight is 511 g/mol. The molecule has 1 aliphatic heterocycles. The molecule has 9 nitrogen and oxygen atoms in total. The van der Waals surface area contributed by atoms with Crippen molar-refractivity contribution in [3.8, 4) is 11.4 Å². The van der Waals surface area contributed by atoms with Crippen molar-refractivity contribution in [2.75, 3.05) is 19.4 Å². The van der Waals surface area contributed by atoms with E-state index in [0.29, 0.717) is 28.0 Å². The third kappa shape index (κ3) is 3.61. The van der Waals surface area contributed by atoms with Gasteiger partial charge in [0.2, 0.25) is 0 Å². The molecule has 6 rings (SSSR count). The van der Waals surface area contributed by atoms with Gasteiger partial charge in [-0.2, -0.15) is 13.2 Å². The number of fused-ring (bicyclic) bond motifs is 4. The molecule has 188 valence electrons. The predicted octanol–water partition coefficient (Wildman–Crippen LogP) is 4.01. The number of carbonyl (C=O) groups excluding carboxylic acids is 1. The summed E-state index contributed by atoms with van der Waals surface area (Å²) in [7, 11) is 1.53. The SMILES string of the molecule is CN(C(=O)c1cc2c(cc1F)nc(N)c1cncn12)[C@@H]1COc2cc(-n3cnc(C(F)(F)F)c3)ccc21. The Morgan fingerprint density at radius 2 is 2.00 bits per heavy atom. The normalized spacial score (nSPS) is 15.2. The monoisotopic (exact) mass is 511 g/mol. The van der Waals surface area contributed by atoms with Gasteiger partial charge in [-0.05, 0) is 12.1 Å². The molecule has 4 heterocycles. The van der Waals surface area contributed by atoms with Gasteiger partial charge in [0.05, 0.1) is 47.2 Å². The number of nitrogens with zero attached hydrogens (tertiary/aromatic N) is 6. The van der Waals surface area contributed by atoms with Crippen LogP contribution in [0.2, 0.25) is 0 Å². The smallest absolute Gasteiger partial charge is 0.434 e. The molecule has 0 radical (unpaired) electrons. The van der Waals surface area contributed by atoms with E-state index in [4.69, 9.17) is 10.5 Å². The number of amides is 1. The van der Waals surface area contributed by atoms with Gasteiger partial charge in [0.1, 0.15) is 29.5 Å².